The Hall–Kier alpha value is -1.73. The van der Waals surface area contributed by atoms with Gasteiger partial charge in [-0.2, -0.15) is 0 Å². The van der Waals surface area contributed by atoms with Crippen molar-refractivity contribution in [3.63, 3.8) is 0 Å². The molecular weight excluding hydrogens is 383 g/mol. The molecule has 2 heterocycles. The molecule has 0 saturated carbocycles. The zero-order valence-corrected chi connectivity index (χ0v) is 17.0. The van der Waals surface area contributed by atoms with Gasteiger partial charge in [0, 0.05) is 31.1 Å². The summed E-state index contributed by atoms with van der Waals surface area (Å²) in [4.78, 5) is 29.1. The molecule has 2 aliphatic rings. The molecule has 2 aliphatic heterocycles. The summed E-state index contributed by atoms with van der Waals surface area (Å²) < 4.78 is 14.3. The molecule has 2 amide bonds. The van der Waals surface area contributed by atoms with E-state index in [1.54, 1.807) is 18.2 Å². The lowest BCUT2D eigenvalue weighted by Crippen LogP contribution is -2.44. The number of nitrogens with zero attached hydrogens (tertiary/aromatic N) is 2. The Labute approximate surface area is 168 Å². The van der Waals surface area contributed by atoms with Gasteiger partial charge in [-0.15, -0.1) is 0 Å². The Morgan fingerprint density at radius 1 is 1.37 bits per heavy atom. The van der Waals surface area contributed by atoms with Gasteiger partial charge in [-0.25, -0.2) is 4.39 Å². The SMILES string of the molecule is CCC1CCCCN1C(=O)CCN1C(=O)C(=Cc2ccccc2F)SC1=S. The largest absolute Gasteiger partial charge is 0.340 e. The number of carbonyl (C=O) groups is 2. The summed E-state index contributed by atoms with van der Waals surface area (Å²) in [5, 5.41) is 0. The van der Waals surface area contributed by atoms with Crippen LogP contribution in [-0.2, 0) is 9.59 Å². The number of amides is 2. The van der Waals surface area contributed by atoms with Crippen LogP contribution >= 0.6 is 24.0 Å². The van der Waals surface area contributed by atoms with E-state index in [1.165, 1.54) is 17.0 Å². The zero-order chi connectivity index (χ0) is 19.4. The summed E-state index contributed by atoms with van der Waals surface area (Å²) in [5.41, 5.74) is 0.355. The van der Waals surface area contributed by atoms with E-state index < -0.39 is 0 Å². The van der Waals surface area contributed by atoms with Crippen LogP contribution in [0.3, 0.4) is 0 Å². The molecule has 7 heteroatoms. The molecule has 0 aromatic heterocycles. The van der Waals surface area contributed by atoms with Crippen LogP contribution in [0, 0.1) is 5.82 Å². The van der Waals surface area contributed by atoms with Crippen molar-refractivity contribution in [2.45, 2.75) is 45.1 Å². The monoisotopic (exact) mass is 406 g/mol. The highest BCUT2D eigenvalue weighted by Gasteiger charge is 2.33. The van der Waals surface area contributed by atoms with Crippen molar-refractivity contribution in [3.05, 3.63) is 40.6 Å². The average Bonchev–Trinajstić information content (AvgIpc) is 2.94. The van der Waals surface area contributed by atoms with E-state index in [0.717, 1.165) is 44.0 Å². The summed E-state index contributed by atoms with van der Waals surface area (Å²) in [6.45, 7) is 3.17. The lowest BCUT2D eigenvalue weighted by Gasteiger charge is -2.35. The molecule has 1 atom stereocenters. The van der Waals surface area contributed by atoms with Crippen molar-refractivity contribution in [1.82, 2.24) is 9.80 Å². The Kier molecular flexibility index (Phi) is 6.65. The predicted molar refractivity (Wildman–Crippen MR) is 111 cm³/mol. The van der Waals surface area contributed by atoms with Crippen LogP contribution in [0.4, 0.5) is 4.39 Å². The zero-order valence-electron chi connectivity index (χ0n) is 15.3. The Bertz CT molecular complexity index is 781. The molecule has 0 bridgehead atoms. The quantitative estimate of drug-likeness (QED) is 0.543. The van der Waals surface area contributed by atoms with E-state index in [2.05, 4.69) is 6.92 Å². The fraction of sp³-hybridized carbons (Fsp3) is 0.450. The number of rotatable bonds is 5. The second-order valence-corrected chi connectivity index (χ2v) is 8.43. The number of piperidine rings is 1. The minimum absolute atomic E-state index is 0.0775. The maximum Gasteiger partial charge on any atom is 0.266 e. The van der Waals surface area contributed by atoms with Gasteiger partial charge in [0.15, 0.2) is 0 Å². The van der Waals surface area contributed by atoms with Crippen molar-refractivity contribution >= 4 is 46.2 Å². The lowest BCUT2D eigenvalue weighted by atomic mass is 9.99. The third-order valence-electron chi connectivity index (χ3n) is 5.03. The van der Waals surface area contributed by atoms with Crippen LogP contribution in [0.5, 0.6) is 0 Å². The first-order chi connectivity index (χ1) is 13.0. The number of thiocarbonyl (C=S) groups is 1. The van der Waals surface area contributed by atoms with Crippen molar-refractivity contribution in [1.29, 1.82) is 0 Å². The summed E-state index contributed by atoms with van der Waals surface area (Å²) in [7, 11) is 0. The van der Waals surface area contributed by atoms with Crippen LogP contribution in [0.2, 0.25) is 0 Å². The number of hydrogen-bond acceptors (Lipinski definition) is 4. The van der Waals surface area contributed by atoms with Gasteiger partial charge >= 0.3 is 0 Å². The van der Waals surface area contributed by atoms with E-state index in [4.69, 9.17) is 12.2 Å². The first kappa shape index (κ1) is 20.0. The fourth-order valence-electron chi connectivity index (χ4n) is 3.53. The molecule has 27 heavy (non-hydrogen) atoms. The van der Waals surface area contributed by atoms with Crippen LogP contribution in [-0.4, -0.2) is 45.1 Å². The van der Waals surface area contributed by atoms with Gasteiger partial charge in [-0.3, -0.25) is 14.5 Å². The first-order valence-electron chi connectivity index (χ1n) is 9.30. The molecule has 144 valence electrons. The molecule has 1 aromatic rings. The minimum Gasteiger partial charge on any atom is -0.340 e. The lowest BCUT2D eigenvalue weighted by molar-refractivity contribution is -0.135. The van der Waals surface area contributed by atoms with Crippen molar-refractivity contribution in [2.75, 3.05) is 13.1 Å². The summed E-state index contributed by atoms with van der Waals surface area (Å²) >= 11 is 6.46. The van der Waals surface area contributed by atoms with Gasteiger partial charge in [0.2, 0.25) is 5.91 Å². The van der Waals surface area contributed by atoms with Crippen LogP contribution in [0.15, 0.2) is 29.2 Å². The molecule has 4 nitrogen and oxygen atoms in total. The van der Waals surface area contributed by atoms with Gasteiger partial charge in [0.25, 0.3) is 5.91 Å². The summed E-state index contributed by atoms with van der Waals surface area (Å²) in [6.07, 6.45) is 5.99. The molecule has 1 unspecified atom stereocenters. The molecule has 1 aromatic carbocycles. The first-order valence-corrected chi connectivity index (χ1v) is 10.5. The van der Waals surface area contributed by atoms with E-state index in [9.17, 15) is 14.0 Å². The van der Waals surface area contributed by atoms with Gasteiger partial charge < -0.3 is 4.90 Å². The number of likely N-dealkylation sites (tertiary alicyclic amines) is 1. The number of carbonyl (C=O) groups excluding carboxylic acids is 2. The number of benzene rings is 1. The fourth-order valence-corrected chi connectivity index (χ4v) is 4.83. The molecular formula is C20H23FN2O2S2. The van der Waals surface area contributed by atoms with Crippen molar-refractivity contribution in [3.8, 4) is 0 Å². The van der Waals surface area contributed by atoms with Gasteiger partial charge in [-0.05, 0) is 37.8 Å². The molecule has 0 aliphatic carbocycles. The molecule has 0 N–H and O–H groups in total. The molecule has 2 fully saturated rings. The third kappa shape index (κ3) is 4.58. The van der Waals surface area contributed by atoms with Crippen LogP contribution < -0.4 is 0 Å². The van der Waals surface area contributed by atoms with Crippen molar-refractivity contribution in [2.24, 2.45) is 0 Å². The Morgan fingerprint density at radius 3 is 2.89 bits per heavy atom. The normalized spacial score (nSPS) is 22.0. The van der Waals surface area contributed by atoms with Gasteiger partial charge in [0.1, 0.15) is 10.1 Å². The van der Waals surface area contributed by atoms with Crippen LogP contribution in [0.25, 0.3) is 6.08 Å². The van der Waals surface area contributed by atoms with E-state index in [0.29, 0.717) is 20.8 Å². The minimum atomic E-state index is -0.381. The van der Waals surface area contributed by atoms with E-state index >= 15 is 0 Å². The highest BCUT2D eigenvalue weighted by Crippen LogP contribution is 2.33. The molecule has 0 radical (unpaired) electrons. The van der Waals surface area contributed by atoms with Crippen molar-refractivity contribution < 1.29 is 14.0 Å². The van der Waals surface area contributed by atoms with E-state index in [1.807, 2.05) is 4.90 Å². The van der Waals surface area contributed by atoms with Gasteiger partial charge in [0.05, 0.1) is 4.91 Å². The second-order valence-electron chi connectivity index (χ2n) is 6.75. The maximum absolute atomic E-state index is 13.8. The smallest absolute Gasteiger partial charge is 0.266 e. The predicted octanol–water partition coefficient (Wildman–Crippen LogP) is 4.21. The standard InChI is InChI=1S/C20H23FN2O2S2/c1-2-15-8-5-6-11-22(15)18(24)10-12-23-19(25)17(27-20(23)26)13-14-7-3-4-9-16(14)21/h3-4,7,9,13,15H,2,5-6,8,10-12H2,1H3. The summed E-state index contributed by atoms with van der Waals surface area (Å²) in [6, 6.07) is 6.60. The second kappa shape index (κ2) is 8.97. The number of halogens is 1. The Morgan fingerprint density at radius 2 is 2.15 bits per heavy atom. The highest BCUT2D eigenvalue weighted by molar-refractivity contribution is 8.26. The van der Waals surface area contributed by atoms with Gasteiger partial charge in [-0.1, -0.05) is 49.1 Å². The summed E-state index contributed by atoms with van der Waals surface area (Å²) in [5.74, 6) is -0.561. The molecule has 0 spiro atoms. The topological polar surface area (TPSA) is 40.6 Å². The average molecular weight is 407 g/mol. The molecule has 3 rings (SSSR count). The Balaban J connectivity index is 1.64. The maximum atomic E-state index is 13.8. The molecule has 2 saturated heterocycles. The van der Waals surface area contributed by atoms with Crippen LogP contribution in [0.1, 0.15) is 44.6 Å². The third-order valence-corrected chi connectivity index (χ3v) is 6.41. The number of thioether (sulfide) groups is 1. The van der Waals surface area contributed by atoms with E-state index in [-0.39, 0.29) is 30.6 Å². The highest BCUT2D eigenvalue weighted by atomic mass is 32.2. The number of hydrogen-bond donors (Lipinski definition) is 0.